The first-order chi connectivity index (χ1) is 31.2. The van der Waals surface area contributed by atoms with Crippen LogP contribution in [0.3, 0.4) is 0 Å². The third kappa shape index (κ3) is 19.2. The highest BCUT2D eigenvalue weighted by Gasteiger charge is 2.43. The highest BCUT2D eigenvalue weighted by atomic mass is 16.6. The Balaban J connectivity index is 1.35. The van der Waals surface area contributed by atoms with Crippen molar-refractivity contribution in [2.24, 2.45) is 23.7 Å². The summed E-state index contributed by atoms with van der Waals surface area (Å²) in [6.45, 7) is 9.20. The van der Waals surface area contributed by atoms with Gasteiger partial charge in [-0.25, -0.2) is 19.2 Å². The van der Waals surface area contributed by atoms with E-state index in [0.717, 1.165) is 24.7 Å². The summed E-state index contributed by atoms with van der Waals surface area (Å²) in [6.07, 6.45) is 27.9. The van der Waals surface area contributed by atoms with E-state index in [0.29, 0.717) is 49.4 Å². The number of carbonyl (C=O) groups excluding carboxylic acids is 4. The minimum atomic E-state index is -1.93. The molecular weight excluding hydrogens is 809 g/mol. The molecule has 2 aliphatic rings. The smallest absolute Gasteiger partial charge is 0.352 e. The van der Waals surface area contributed by atoms with Crippen molar-refractivity contribution in [1.82, 2.24) is 0 Å². The van der Waals surface area contributed by atoms with Gasteiger partial charge in [0, 0.05) is 0 Å². The molecular formula is C54H78O10. The molecule has 2 atom stereocenters. The van der Waals surface area contributed by atoms with Crippen molar-refractivity contribution < 1.29 is 47.6 Å². The fraction of sp³-hybridized carbons (Fsp3) is 0.630. The van der Waals surface area contributed by atoms with E-state index in [-0.39, 0.29) is 24.3 Å². The van der Waals surface area contributed by atoms with Crippen LogP contribution in [0.1, 0.15) is 177 Å². The first-order valence-corrected chi connectivity index (χ1v) is 24.8. The van der Waals surface area contributed by atoms with Gasteiger partial charge in [0.05, 0.1) is 24.3 Å². The molecule has 354 valence electrons. The Kier molecular flexibility index (Phi) is 24.8. The van der Waals surface area contributed by atoms with Crippen molar-refractivity contribution in [3.8, 4) is 11.5 Å². The van der Waals surface area contributed by atoms with Gasteiger partial charge in [0.25, 0.3) is 0 Å². The molecule has 0 amide bonds. The van der Waals surface area contributed by atoms with E-state index in [4.69, 9.17) is 28.4 Å². The Morgan fingerprint density at radius 1 is 0.500 bits per heavy atom. The van der Waals surface area contributed by atoms with Crippen molar-refractivity contribution in [2.75, 3.05) is 26.4 Å². The van der Waals surface area contributed by atoms with Crippen LogP contribution < -0.4 is 9.47 Å². The van der Waals surface area contributed by atoms with Gasteiger partial charge in [-0.2, -0.15) is 0 Å². The van der Waals surface area contributed by atoms with E-state index >= 15 is 0 Å². The monoisotopic (exact) mass is 887 g/mol. The van der Waals surface area contributed by atoms with Crippen LogP contribution >= 0.6 is 0 Å². The number of esters is 4. The van der Waals surface area contributed by atoms with Crippen LogP contribution in [0.25, 0.3) is 0 Å². The number of hydrogen-bond acceptors (Lipinski definition) is 10. The maximum atomic E-state index is 13.6. The zero-order valence-electron chi connectivity index (χ0n) is 39.4. The number of ether oxygens (including phenoxy) is 6. The van der Waals surface area contributed by atoms with Crippen LogP contribution in [0.15, 0.2) is 72.8 Å². The predicted octanol–water partition coefficient (Wildman–Crippen LogP) is 12.8. The molecule has 2 aromatic rings. The summed E-state index contributed by atoms with van der Waals surface area (Å²) in [5.74, 6) is 0.109. The summed E-state index contributed by atoms with van der Waals surface area (Å²) < 4.78 is 34.0. The zero-order chi connectivity index (χ0) is 45.8. The lowest BCUT2D eigenvalue weighted by molar-refractivity contribution is -0.174. The van der Waals surface area contributed by atoms with E-state index in [1.165, 1.54) is 127 Å². The zero-order valence-corrected chi connectivity index (χ0v) is 39.4. The largest absolute Gasteiger partial charge is 0.490 e. The average molecular weight is 887 g/mol. The van der Waals surface area contributed by atoms with Gasteiger partial charge >= 0.3 is 23.9 Å². The van der Waals surface area contributed by atoms with Crippen molar-refractivity contribution in [3.63, 3.8) is 0 Å². The van der Waals surface area contributed by atoms with Crippen molar-refractivity contribution in [1.29, 1.82) is 0 Å². The Morgan fingerprint density at radius 2 is 0.859 bits per heavy atom. The Labute approximate surface area is 384 Å². The number of carbonyl (C=O) groups is 4. The van der Waals surface area contributed by atoms with Crippen molar-refractivity contribution in [2.45, 2.75) is 168 Å². The second-order valence-corrected chi connectivity index (χ2v) is 17.8. The average Bonchev–Trinajstić information content (AvgIpc) is 3.31. The molecule has 10 nitrogen and oxygen atoms in total. The first-order valence-electron chi connectivity index (χ1n) is 24.8. The highest BCUT2D eigenvalue weighted by molar-refractivity contribution is 5.96. The van der Waals surface area contributed by atoms with E-state index < -0.39 is 36.1 Å². The molecule has 2 aliphatic carbocycles. The molecule has 2 fully saturated rings. The number of hydrogen-bond donors (Lipinski definition) is 0. The van der Waals surface area contributed by atoms with E-state index in [2.05, 4.69) is 38.2 Å². The molecule has 0 bridgehead atoms. The molecule has 64 heavy (non-hydrogen) atoms. The maximum Gasteiger partial charge on any atom is 0.352 e. The lowest BCUT2D eigenvalue weighted by Crippen LogP contribution is -2.47. The highest BCUT2D eigenvalue weighted by Crippen LogP contribution is 2.34. The minimum Gasteiger partial charge on any atom is -0.490 e. The Morgan fingerprint density at radius 3 is 1.20 bits per heavy atom. The lowest BCUT2D eigenvalue weighted by atomic mass is 9.79. The van der Waals surface area contributed by atoms with Crippen LogP contribution in [0.5, 0.6) is 11.5 Å². The first kappa shape index (κ1) is 52.0. The molecule has 2 saturated carbocycles. The minimum absolute atomic E-state index is 0.0205. The summed E-state index contributed by atoms with van der Waals surface area (Å²) in [7, 11) is 0. The molecule has 0 unspecified atom stereocenters. The normalized spacial score (nSPS) is 19.8. The lowest BCUT2D eigenvalue weighted by Gasteiger charge is -2.26. The maximum absolute atomic E-state index is 13.6. The molecule has 2 aromatic carbocycles. The van der Waals surface area contributed by atoms with Crippen LogP contribution in [0.2, 0.25) is 0 Å². The fourth-order valence-corrected chi connectivity index (χ4v) is 8.50. The topological polar surface area (TPSA) is 124 Å². The van der Waals surface area contributed by atoms with Gasteiger partial charge < -0.3 is 28.4 Å². The van der Waals surface area contributed by atoms with E-state index in [1.807, 2.05) is 13.8 Å². The summed E-state index contributed by atoms with van der Waals surface area (Å²) >= 11 is 0. The van der Waals surface area contributed by atoms with Gasteiger partial charge in [-0.15, -0.1) is 0 Å². The van der Waals surface area contributed by atoms with Crippen LogP contribution in [0, 0.1) is 23.7 Å². The SMILES string of the molecule is CCCCCC1CCC(/C=C/COc2ccc(C(=O)O[C@@H](C(=O)OCCCC)[C@@H](OC(=O)c3ccc(OC/C=C/C4CCC(CCCCC)CC4)cc3)C(=O)OCCCC)cc2)CC1. The van der Waals surface area contributed by atoms with Gasteiger partial charge in [-0.05, 0) is 136 Å². The van der Waals surface area contributed by atoms with Gasteiger partial charge in [-0.3, -0.25) is 0 Å². The Hall–Kier alpha value is -4.60. The quantitative estimate of drug-likeness (QED) is 0.0337. The summed E-state index contributed by atoms with van der Waals surface area (Å²) in [4.78, 5) is 54.3. The van der Waals surface area contributed by atoms with Gasteiger partial charge in [0.1, 0.15) is 24.7 Å². The number of unbranched alkanes of at least 4 members (excludes halogenated alkanes) is 6. The molecule has 0 spiro atoms. The predicted molar refractivity (Wildman–Crippen MR) is 251 cm³/mol. The third-order valence-electron chi connectivity index (χ3n) is 12.6. The molecule has 0 aliphatic heterocycles. The van der Waals surface area contributed by atoms with E-state index in [1.54, 1.807) is 24.3 Å². The fourth-order valence-electron chi connectivity index (χ4n) is 8.50. The molecule has 0 saturated heterocycles. The van der Waals surface area contributed by atoms with E-state index in [9.17, 15) is 19.2 Å². The van der Waals surface area contributed by atoms with Crippen molar-refractivity contribution >= 4 is 23.9 Å². The van der Waals surface area contributed by atoms with Crippen LogP contribution in [-0.2, 0) is 28.5 Å². The number of benzene rings is 2. The molecule has 0 N–H and O–H groups in total. The third-order valence-corrected chi connectivity index (χ3v) is 12.6. The summed E-state index contributed by atoms with van der Waals surface area (Å²) in [6, 6.07) is 12.6. The van der Waals surface area contributed by atoms with Crippen molar-refractivity contribution in [3.05, 3.63) is 84.0 Å². The summed E-state index contributed by atoms with van der Waals surface area (Å²) in [5.41, 5.74) is 0.204. The van der Waals surface area contributed by atoms with Crippen LogP contribution in [0.4, 0.5) is 0 Å². The second kappa shape index (κ2) is 30.5. The van der Waals surface area contributed by atoms with Gasteiger partial charge in [-0.1, -0.05) is 116 Å². The molecule has 4 rings (SSSR count). The Bertz CT molecular complexity index is 1560. The van der Waals surface area contributed by atoms with Crippen LogP contribution in [-0.4, -0.2) is 62.5 Å². The summed E-state index contributed by atoms with van der Waals surface area (Å²) in [5, 5.41) is 0. The second-order valence-electron chi connectivity index (χ2n) is 17.8. The van der Waals surface area contributed by atoms with Gasteiger partial charge in [0.15, 0.2) is 0 Å². The number of allylic oxidation sites excluding steroid dienone is 2. The van der Waals surface area contributed by atoms with Gasteiger partial charge in [0.2, 0.25) is 12.2 Å². The standard InChI is InChI=1S/C54H78O10/c1-5-9-13-17-41-21-25-43(26-22-41)19-15-39-59-47-33-29-45(30-34-47)51(55)63-49(53(57)61-37-11-7-3)50(54(58)62-38-12-8-4)64-52(56)46-31-35-48(36-32-46)60-40-16-20-44-27-23-42(24-28-44)18-14-10-6-2/h15-16,19-20,29-36,41-44,49-50H,5-14,17-18,21-28,37-40H2,1-4H3/b19-15+,20-16+/t41?,42?,43?,44?,49-,50-/m1/s1. The molecule has 10 heteroatoms. The number of rotatable bonds is 29. The molecule has 0 heterocycles. The molecule has 0 radical (unpaired) electrons. The molecule has 0 aromatic heterocycles.